The summed E-state index contributed by atoms with van der Waals surface area (Å²) >= 11 is 3.49. The van der Waals surface area contributed by atoms with Gasteiger partial charge in [0, 0.05) is 25.4 Å². The van der Waals surface area contributed by atoms with Crippen molar-refractivity contribution in [2.24, 2.45) is 11.3 Å². The number of hydrogen-bond acceptors (Lipinski definition) is 6. The van der Waals surface area contributed by atoms with Crippen molar-refractivity contribution in [3.05, 3.63) is 22.9 Å². The molecule has 1 fully saturated rings. The number of fused-ring (bicyclic) bond motifs is 1. The van der Waals surface area contributed by atoms with Crippen LogP contribution in [-0.2, 0) is 4.74 Å². The second kappa shape index (κ2) is 13.9. The third-order valence-electron chi connectivity index (χ3n) is 7.25. The minimum Gasteiger partial charge on any atom is -0.476 e. The molecule has 8 heteroatoms. The van der Waals surface area contributed by atoms with Crippen LogP contribution in [0.1, 0.15) is 66.7 Å². The van der Waals surface area contributed by atoms with E-state index in [9.17, 15) is 0 Å². The van der Waals surface area contributed by atoms with Crippen molar-refractivity contribution < 1.29 is 9.47 Å². The van der Waals surface area contributed by atoms with E-state index in [1.807, 2.05) is 12.3 Å². The highest BCUT2D eigenvalue weighted by Gasteiger charge is 2.30. The predicted molar refractivity (Wildman–Crippen MR) is 146 cm³/mol. The van der Waals surface area contributed by atoms with Gasteiger partial charge in [0.05, 0.1) is 23.4 Å². The molecule has 1 aliphatic heterocycles. The van der Waals surface area contributed by atoms with Gasteiger partial charge in [0.2, 0.25) is 5.88 Å². The Hall–Kier alpha value is -1.22. The number of nitrogens with zero attached hydrogens (tertiary/aromatic N) is 5. The Morgan fingerprint density at radius 2 is 1.83 bits per heavy atom. The van der Waals surface area contributed by atoms with E-state index in [-0.39, 0.29) is 5.41 Å². The standard InChI is InChI=1S/C27H46BrN5O2/c1-6-22(27(3,4)5)24(7-2)34-19-17-32(15-10-14-31-12-8-9-13-31)18-20-35-25-11-16-33-26(30-25)23(28)21-29-33/h11,16,21-22,24H,6-10,12-15,17-20H2,1-5H3. The third kappa shape index (κ3) is 8.69. The molecule has 2 atom stereocenters. The first-order valence-corrected chi connectivity index (χ1v) is 14.3. The minimum absolute atomic E-state index is 0.261. The van der Waals surface area contributed by atoms with Crippen molar-refractivity contribution in [2.75, 3.05) is 52.5 Å². The molecular formula is C27H46BrN5O2. The van der Waals surface area contributed by atoms with Gasteiger partial charge in [-0.15, -0.1) is 0 Å². The summed E-state index contributed by atoms with van der Waals surface area (Å²) in [6.45, 7) is 19.5. The second-order valence-corrected chi connectivity index (χ2v) is 11.7. The Labute approximate surface area is 220 Å². The zero-order valence-corrected chi connectivity index (χ0v) is 24.1. The largest absolute Gasteiger partial charge is 0.476 e. The van der Waals surface area contributed by atoms with Gasteiger partial charge in [-0.05, 0) is 79.1 Å². The highest BCUT2D eigenvalue weighted by atomic mass is 79.9. The van der Waals surface area contributed by atoms with Gasteiger partial charge in [0.25, 0.3) is 0 Å². The maximum Gasteiger partial charge on any atom is 0.216 e. The lowest BCUT2D eigenvalue weighted by atomic mass is 9.75. The van der Waals surface area contributed by atoms with Gasteiger partial charge >= 0.3 is 0 Å². The van der Waals surface area contributed by atoms with E-state index in [1.54, 1.807) is 10.7 Å². The smallest absolute Gasteiger partial charge is 0.216 e. The molecule has 0 amide bonds. The Morgan fingerprint density at radius 1 is 1.09 bits per heavy atom. The van der Waals surface area contributed by atoms with E-state index in [0.717, 1.165) is 49.2 Å². The number of rotatable bonds is 15. The Morgan fingerprint density at radius 3 is 2.51 bits per heavy atom. The molecule has 35 heavy (non-hydrogen) atoms. The van der Waals surface area contributed by atoms with Crippen LogP contribution in [0.25, 0.3) is 5.65 Å². The molecule has 2 aromatic rings. The SMILES string of the molecule is CCC(OCCN(CCCN1CCCC1)CCOc1ccn2ncc(Br)c2n1)C(CC)C(C)(C)C. The minimum atomic E-state index is 0.261. The Bertz CT molecular complexity index is 878. The molecule has 0 saturated carbocycles. The molecule has 3 rings (SSSR count). The van der Waals surface area contributed by atoms with Gasteiger partial charge in [-0.25, -0.2) is 4.52 Å². The van der Waals surface area contributed by atoms with Crippen molar-refractivity contribution >= 4 is 21.6 Å². The summed E-state index contributed by atoms with van der Waals surface area (Å²) in [5, 5.41) is 4.25. The zero-order valence-electron chi connectivity index (χ0n) is 22.5. The highest BCUT2D eigenvalue weighted by Crippen LogP contribution is 2.34. The fourth-order valence-electron chi connectivity index (χ4n) is 5.33. The Balaban J connectivity index is 1.51. The molecule has 0 bridgehead atoms. The average molecular weight is 553 g/mol. The number of halogens is 1. The van der Waals surface area contributed by atoms with Gasteiger partial charge in [0.15, 0.2) is 5.65 Å². The van der Waals surface area contributed by atoms with Crippen LogP contribution in [0.4, 0.5) is 0 Å². The van der Waals surface area contributed by atoms with Crippen LogP contribution >= 0.6 is 15.9 Å². The monoisotopic (exact) mass is 551 g/mol. The molecule has 1 aliphatic rings. The molecular weight excluding hydrogens is 506 g/mol. The van der Waals surface area contributed by atoms with E-state index in [0.29, 0.717) is 24.5 Å². The zero-order chi connectivity index (χ0) is 25.3. The summed E-state index contributed by atoms with van der Waals surface area (Å²) in [6.07, 6.45) is 10.0. The van der Waals surface area contributed by atoms with Crippen LogP contribution in [0.15, 0.2) is 22.9 Å². The lowest BCUT2D eigenvalue weighted by molar-refractivity contribution is -0.0355. The summed E-state index contributed by atoms with van der Waals surface area (Å²) in [5.74, 6) is 1.21. The summed E-state index contributed by atoms with van der Waals surface area (Å²) in [7, 11) is 0. The third-order valence-corrected chi connectivity index (χ3v) is 7.81. The fraction of sp³-hybridized carbons (Fsp3) is 0.778. The molecule has 2 aromatic heterocycles. The van der Waals surface area contributed by atoms with E-state index >= 15 is 0 Å². The van der Waals surface area contributed by atoms with Crippen LogP contribution in [0, 0.1) is 11.3 Å². The maximum atomic E-state index is 6.48. The first-order valence-electron chi connectivity index (χ1n) is 13.5. The number of hydrogen-bond donors (Lipinski definition) is 0. The quantitative estimate of drug-likeness (QED) is 0.290. The summed E-state index contributed by atoms with van der Waals surface area (Å²) in [6, 6.07) is 1.87. The molecule has 1 saturated heterocycles. The summed E-state index contributed by atoms with van der Waals surface area (Å²) in [4.78, 5) is 9.66. The normalized spacial score (nSPS) is 16.9. The van der Waals surface area contributed by atoms with E-state index in [1.165, 1.54) is 38.9 Å². The second-order valence-electron chi connectivity index (χ2n) is 10.8. The molecule has 3 heterocycles. The molecule has 0 aromatic carbocycles. The first-order chi connectivity index (χ1) is 16.8. The molecule has 2 unspecified atom stereocenters. The molecule has 198 valence electrons. The van der Waals surface area contributed by atoms with Crippen LogP contribution in [-0.4, -0.2) is 83.0 Å². The van der Waals surface area contributed by atoms with Crippen LogP contribution < -0.4 is 4.74 Å². The maximum absolute atomic E-state index is 6.48. The number of aromatic nitrogens is 3. The lowest BCUT2D eigenvalue weighted by Crippen LogP contribution is -2.38. The summed E-state index contributed by atoms with van der Waals surface area (Å²) in [5.41, 5.74) is 1.03. The van der Waals surface area contributed by atoms with Crippen molar-refractivity contribution in [3.63, 3.8) is 0 Å². The average Bonchev–Trinajstić information content (AvgIpc) is 3.47. The highest BCUT2D eigenvalue weighted by molar-refractivity contribution is 9.10. The first kappa shape index (κ1) is 28.4. The van der Waals surface area contributed by atoms with E-state index in [2.05, 4.69) is 70.4 Å². The molecule has 0 spiro atoms. The number of ether oxygens (including phenoxy) is 2. The van der Waals surface area contributed by atoms with Crippen molar-refractivity contribution in [3.8, 4) is 5.88 Å². The van der Waals surface area contributed by atoms with Crippen LogP contribution in [0.3, 0.4) is 0 Å². The topological polar surface area (TPSA) is 55.1 Å². The van der Waals surface area contributed by atoms with Crippen LogP contribution in [0.2, 0.25) is 0 Å². The van der Waals surface area contributed by atoms with Gasteiger partial charge in [-0.1, -0.05) is 41.0 Å². The predicted octanol–water partition coefficient (Wildman–Crippen LogP) is 5.53. The molecule has 0 N–H and O–H groups in total. The van der Waals surface area contributed by atoms with Crippen molar-refractivity contribution in [2.45, 2.75) is 72.8 Å². The van der Waals surface area contributed by atoms with E-state index < -0.39 is 0 Å². The van der Waals surface area contributed by atoms with Gasteiger partial charge < -0.3 is 14.4 Å². The van der Waals surface area contributed by atoms with Gasteiger partial charge in [-0.3, -0.25) is 4.90 Å². The van der Waals surface area contributed by atoms with Gasteiger partial charge in [0.1, 0.15) is 6.61 Å². The van der Waals surface area contributed by atoms with E-state index in [4.69, 9.17) is 9.47 Å². The lowest BCUT2D eigenvalue weighted by Gasteiger charge is -2.36. The van der Waals surface area contributed by atoms with Crippen LogP contribution in [0.5, 0.6) is 5.88 Å². The fourth-order valence-corrected chi connectivity index (χ4v) is 5.69. The van der Waals surface area contributed by atoms with Gasteiger partial charge in [-0.2, -0.15) is 10.1 Å². The number of likely N-dealkylation sites (tertiary alicyclic amines) is 1. The Kier molecular flexibility index (Phi) is 11.3. The molecule has 0 radical (unpaired) electrons. The molecule has 7 nitrogen and oxygen atoms in total. The summed E-state index contributed by atoms with van der Waals surface area (Å²) < 4.78 is 15.1. The van der Waals surface area contributed by atoms with Crippen molar-refractivity contribution in [1.82, 2.24) is 24.4 Å². The van der Waals surface area contributed by atoms with Crippen molar-refractivity contribution in [1.29, 1.82) is 0 Å². The molecule has 0 aliphatic carbocycles.